The number of rotatable bonds is 8. The average molecular weight is 357 g/mol. The first-order valence-electron chi connectivity index (χ1n) is 8.40. The molecule has 0 aromatic heterocycles. The highest BCUT2D eigenvalue weighted by Gasteiger charge is 2.24. The second kappa shape index (κ2) is 10.2. The van der Waals surface area contributed by atoms with Crippen molar-refractivity contribution in [3.8, 4) is 0 Å². The first-order chi connectivity index (χ1) is 12.6. The van der Waals surface area contributed by atoms with Gasteiger partial charge in [0.2, 0.25) is 0 Å². The van der Waals surface area contributed by atoms with Gasteiger partial charge in [0.15, 0.2) is 0 Å². The molecule has 138 valence electrons. The van der Waals surface area contributed by atoms with E-state index in [1.54, 1.807) is 12.1 Å². The normalized spacial score (nSPS) is 12.7. The van der Waals surface area contributed by atoms with Crippen molar-refractivity contribution in [3.05, 3.63) is 71.8 Å². The number of aliphatic hydroxyl groups is 1. The van der Waals surface area contributed by atoms with Crippen LogP contribution in [0.5, 0.6) is 0 Å². The number of benzene rings is 2. The Kier molecular flexibility index (Phi) is 7.64. The Bertz CT molecular complexity index is 690. The van der Waals surface area contributed by atoms with Gasteiger partial charge in [-0.1, -0.05) is 60.7 Å². The predicted molar refractivity (Wildman–Crippen MR) is 96.2 cm³/mol. The van der Waals surface area contributed by atoms with Crippen LogP contribution in [0.4, 0.5) is 4.79 Å². The highest BCUT2D eigenvalue weighted by molar-refractivity contribution is 5.68. The lowest BCUT2D eigenvalue weighted by atomic mass is 9.99. The van der Waals surface area contributed by atoms with E-state index in [-0.39, 0.29) is 19.6 Å². The molecule has 6 nitrogen and oxygen atoms in total. The van der Waals surface area contributed by atoms with Gasteiger partial charge < -0.3 is 19.9 Å². The molecule has 1 amide bonds. The molecule has 2 unspecified atom stereocenters. The number of ether oxygens (including phenoxy) is 2. The maximum Gasteiger partial charge on any atom is 0.408 e. The van der Waals surface area contributed by atoms with E-state index >= 15 is 0 Å². The molecule has 6 heteroatoms. The van der Waals surface area contributed by atoms with Crippen molar-refractivity contribution < 1.29 is 24.2 Å². The van der Waals surface area contributed by atoms with Crippen molar-refractivity contribution in [1.82, 2.24) is 5.32 Å². The summed E-state index contributed by atoms with van der Waals surface area (Å²) in [6.07, 6.45) is -1.37. The molecule has 0 aliphatic rings. The second-order valence-electron chi connectivity index (χ2n) is 5.79. The van der Waals surface area contributed by atoms with E-state index in [9.17, 15) is 14.7 Å². The summed E-state index contributed by atoms with van der Waals surface area (Å²) in [7, 11) is 0. The third-order valence-electron chi connectivity index (χ3n) is 3.75. The van der Waals surface area contributed by atoms with Gasteiger partial charge in [-0.05, 0) is 11.1 Å². The topological polar surface area (TPSA) is 84.9 Å². The molecule has 0 fully saturated rings. The number of carbonyl (C=O) groups excluding carboxylic acids is 2. The van der Waals surface area contributed by atoms with Gasteiger partial charge in [-0.25, -0.2) is 4.79 Å². The van der Waals surface area contributed by atoms with Crippen LogP contribution in [0.3, 0.4) is 0 Å². The Morgan fingerprint density at radius 2 is 1.62 bits per heavy atom. The number of amides is 1. The fourth-order valence-electron chi connectivity index (χ4n) is 2.44. The molecule has 2 aromatic rings. The van der Waals surface area contributed by atoms with Gasteiger partial charge in [0.1, 0.15) is 6.61 Å². The van der Waals surface area contributed by atoms with Gasteiger partial charge in [0, 0.05) is 13.3 Å². The van der Waals surface area contributed by atoms with Gasteiger partial charge in [-0.3, -0.25) is 4.79 Å². The lowest BCUT2D eigenvalue weighted by molar-refractivity contribution is -0.141. The van der Waals surface area contributed by atoms with E-state index in [0.29, 0.717) is 0 Å². The zero-order chi connectivity index (χ0) is 18.8. The van der Waals surface area contributed by atoms with Crippen molar-refractivity contribution in [2.24, 2.45) is 0 Å². The molecule has 0 radical (unpaired) electrons. The third kappa shape index (κ3) is 6.57. The molecule has 2 atom stereocenters. The molecule has 0 aliphatic carbocycles. The van der Waals surface area contributed by atoms with Gasteiger partial charge >= 0.3 is 12.1 Å². The van der Waals surface area contributed by atoms with Crippen LogP contribution < -0.4 is 5.32 Å². The summed E-state index contributed by atoms with van der Waals surface area (Å²) in [5, 5.41) is 13.1. The molecule has 2 N–H and O–H groups in total. The van der Waals surface area contributed by atoms with E-state index in [2.05, 4.69) is 5.32 Å². The van der Waals surface area contributed by atoms with Crippen LogP contribution in [0.1, 0.15) is 30.5 Å². The summed E-state index contributed by atoms with van der Waals surface area (Å²) in [4.78, 5) is 23.0. The average Bonchev–Trinajstić information content (AvgIpc) is 2.65. The molecule has 0 saturated carbocycles. The summed E-state index contributed by atoms with van der Waals surface area (Å²) in [5.41, 5.74) is 1.61. The van der Waals surface area contributed by atoms with Crippen molar-refractivity contribution in [2.45, 2.75) is 32.1 Å². The van der Waals surface area contributed by atoms with Crippen molar-refractivity contribution >= 4 is 12.1 Å². The third-order valence-corrected chi connectivity index (χ3v) is 3.75. The van der Waals surface area contributed by atoms with Crippen LogP contribution in [0.15, 0.2) is 60.7 Å². The van der Waals surface area contributed by atoms with Gasteiger partial charge in [0.25, 0.3) is 0 Å². The molecular formula is C20H23NO5. The highest BCUT2D eigenvalue weighted by Crippen LogP contribution is 2.19. The zero-order valence-corrected chi connectivity index (χ0v) is 14.6. The number of nitrogens with one attached hydrogen (secondary N) is 1. The standard InChI is InChI=1S/C20H23NO5/c1-15(22)25-13-12-18(23)19(17-10-6-3-7-11-17)21-20(24)26-14-16-8-4-2-5-9-16/h2-11,18-19,23H,12-14H2,1H3,(H,21,24). The SMILES string of the molecule is CC(=O)OCCC(O)C(NC(=O)OCc1ccccc1)c1ccccc1. The lowest BCUT2D eigenvalue weighted by Crippen LogP contribution is -2.37. The predicted octanol–water partition coefficient (Wildman–Crippen LogP) is 2.97. The molecule has 0 heterocycles. The first-order valence-corrected chi connectivity index (χ1v) is 8.40. The van der Waals surface area contributed by atoms with Crippen molar-refractivity contribution in [1.29, 1.82) is 0 Å². The number of aliphatic hydroxyl groups excluding tert-OH is 1. The Morgan fingerprint density at radius 1 is 1.00 bits per heavy atom. The number of carbonyl (C=O) groups is 2. The second-order valence-corrected chi connectivity index (χ2v) is 5.79. The van der Waals surface area contributed by atoms with Crippen LogP contribution in [-0.4, -0.2) is 29.9 Å². The van der Waals surface area contributed by atoms with Crippen molar-refractivity contribution in [2.75, 3.05) is 6.61 Å². The monoisotopic (exact) mass is 357 g/mol. The molecule has 0 saturated heterocycles. The van der Waals surface area contributed by atoms with E-state index < -0.39 is 24.2 Å². The smallest absolute Gasteiger partial charge is 0.408 e. The molecule has 26 heavy (non-hydrogen) atoms. The minimum absolute atomic E-state index is 0.0700. The Hall–Kier alpha value is -2.86. The maximum absolute atomic E-state index is 12.2. The summed E-state index contributed by atoms with van der Waals surface area (Å²) < 4.78 is 10.1. The van der Waals surface area contributed by atoms with E-state index in [1.165, 1.54) is 6.92 Å². The summed E-state index contributed by atoms with van der Waals surface area (Å²) >= 11 is 0. The van der Waals surface area contributed by atoms with Gasteiger partial charge in [-0.15, -0.1) is 0 Å². The molecule has 2 rings (SSSR count). The number of hydrogen-bond acceptors (Lipinski definition) is 5. The Morgan fingerprint density at radius 3 is 2.23 bits per heavy atom. The Labute approximate surface area is 152 Å². The minimum atomic E-state index is -0.930. The fraction of sp³-hybridized carbons (Fsp3) is 0.300. The van der Waals surface area contributed by atoms with Gasteiger partial charge in [0.05, 0.1) is 18.8 Å². The fourth-order valence-corrected chi connectivity index (χ4v) is 2.44. The number of esters is 1. The Balaban J connectivity index is 1.96. The van der Waals surface area contributed by atoms with Crippen LogP contribution >= 0.6 is 0 Å². The molecular weight excluding hydrogens is 334 g/mol. The van der Waals surface area contributed by atoms with E-state index in [1.807, 2.05) is 48.5 Å². The number of alkyl carbamates (subject to hydrolysis) is 1. The largest absolute Gasteiger partial charge is 0.466 e. The molecule has 0 spiro atoms. The van der Waals surface area contributed by atoms with Crippen molar-refractivity contribution in [3.63, 3.8) is 0 Å². The summed E-state index contributed by atoms with van der Waals surface area (Å²) in [6, 6.07) is 17.7. The quantitative estimate of drug-likeness (QED) is 0.710. The molecule has 0 aliphatic heterocycles. The molecule has 2 aromatic carbocycles. The maximum atomic E-state index is 12.2. The van der Waals surface area contributed by atoms with E-state index in [4.69, 9.17) is 9.47 Å². The summed E-state index contributed by atoms with van der Waals surface area (Å²) in [5.74, 6) is -0.413. The number of hydrogen-bond donors (Lipinski definition) is 2. The summed E-state index contributed by atoms with van der Waals surface area (Å²) in [6.45, 7) is 1.51. The molecule has 0 bridgehead atoms. The highest BCUT2D eigenvalue weighted by atomic mass is 16.5. The minimum Gasteiger partial charge on any atom is -0.466 e. The van der Waals surface area contributed by atoms with Crippen LogP contribution in [-0.2, 0) is 20.9 Å². The van der Waals surface area contributed by atoms with Crippen LogP contribution in [0.25, 0.3) is 0 Å². The van der Waals surface area contributed by atoms with Crippen LogP contribution in [0.2, 0.25) is 0 Å². The van der Waals surface area contributed by atoms with E-state index in [0.717, 1.165) is 11.1 Å². The lowest BCUT2D eigenvalue weighted by Gasteiger charge is -2.24. The zero-order valence-electron chi connectivity index (χ0n) is 14.6. The van der Waals surface area contributed by atoms with Gasteiger partial charge in [-0.2, -0.15) is 0 Å². The van der Waals surface area contributed by atoms with Crippen LogP contribution in [0, 0.1) is 0 Å². The first kappa shape index (κ1) is 19.5.